The van der Waals surface area contributed by atoms with Crippen molar-refractivity contribution in [3.05, 3.63) is 59.2 Å². The number of aryl methyl sites for hydroxylation is 2. The van der Waals surface area contributed by atoms with Gasteiger partial charge in [-0.3, -0.25) is 4.57 Å². The van der Waals surface area contributed by atoms with Gasteiger partial charge in [-0.1, -0.05) is 6.07 Å². The molecule has 0 aliphatic carbocycles. The largest absolute Gasteiger partial charge is 0.300 e. The van der Waals surface area contributed by atoms with Crippen LogP contribution in [0, 0.1) is 31.0 Å². The van der Waals surface area contributed by atoms with Crippen molar-refractivity contribution < 1.29 is 4.39 Å². The summed E-state index contributed by atoms with van der Waals surface area (Å²) in [5.41, 5.74) is 2.79. The maximum Gasteiger partial charge on any atom is 0.140 e. The summed E-state index contributed by atoms with van der Waals surface area (Å²) in [7, 11) is 0. The lowest BCUT2D eigenvalue weighted by molar-refractivity contribution is 0.620. The smallest absolute Gasteiger partial charge is 0.140 e. The minimum atomic E-state index is -0.301. The lowest BCUT2D eigenvalue weighted by Gasteiger charge is -2.07. The van der Waals surface area contributed by atoms with Crippen LogP contribution < -0.4 is 0 Å². The summed E-state index contributed by atoms with van der Waals surface area (Å²) >= 11 is 0. The lowest BCUT2D eigenvalue weighted by Crippen LogP contribution is -1.98. The van der Waals surface area contributed by atoms with Gasteiger partial charge in [-0.05, 0) is 43.2 Å². The number of rotatable bonds is 1. The van der Waals surface area contributed by atoms with Crippen LogP contribution in [0.5, 0.6) is 0 Å². The fourth-order valence-electron chi connectivity index (χ4n) is 2.34. The van der Waals surface area contributed by atoms with Crippen LogP contribution in [0.2, 0.25) is 0 Å². The summed E-state index contributed by atoms with van der Waals surface area (Å²) in [5, 5.41) is 9.83. The second-order valence-electron chi connectivity index (χ2n) is 4.79. The van der Waals surface area contributed by atoms with Crippen LogP contribution >= 0.6 is 0 Å². The van der Waals surface area contributed by atoms with Gasteiger partial charge in [-0.25, -0.2) is 9.37 Å². The predicted octanol–water partition coefficient (Wildman–Crippen LogP) is 3.65. The first-order valence-electron chi connectivity index (χ1n) is 6.25. The molecule has 0 saturated heterocycles. The number of pyridine rings is 1. The van der Waals surface area contributed by atoms with E-state index in [2.05, 4.69) is 11.1 Å². The number of benzene rings is 1. The molecule has 0 aliphatic heterocycles. The average Bonchev–Trinajstić information content (AvgIpc) is 2.78. The Morgan fingerprint density at radius 1 is 1.25 bits per heavy atom. The predicted molar refractivity (Wildman–Crippen MR) is 75.2 cm³/mol. The quantitative estimate of drug-likeness (QED) is 0.674. The molecule has 0 bridgehead atoms. The van der Waals surface area contributed by atoms with Crippen LogP contribution in [0.25, 0.3) is 16.7 Å². The molecule has 3 aromatic rings. The van der Waals surface area contributed by atoms with Crippen molar-refractivity contribution in [1.29, 1.82) is 5.26 Å². The molecule has 4 heteroatoms. The topological polar surface area (TPSA) is 41.6 Å². The molecule has 0 amide bonds. The number of aromatic nitrogens is 2. The third-order valence-electron chi connectivity index (χ3n) is 3.42. The van der Waals surface area contributed by atoms with Gasteiger partial charge in [0.15, 0.2) is 0 Å². The van der Waals surface area contributed by atoms with Crippen LogP contribution in [0.3, 0.4) is 0 Å². The molecule has 0 aliphatic rings. The van der Waals surface area contributed by atoms with E-state index in [1.54, 1.807) is 25.4 Å². The van der Waals surface area contributed by atoms with Crippen LogP contribution in [-0.4, -0.2) is 9.55 Å². The van der Waals surface area contributed by atoms with E-state index in [4.69, 9.17) is 0 Å². The second kappa shape index (κ2) is 4.46. The highest BCUT2D eigenvalue weighted by Gasteiger charge is 2.14. The van der Waals surface area contributed by atoms with E-state index in [0.29, 0.717) is 16.5 Å². The Balaban J connectivity index is 2.41. The molecule has 3 nitrogen and oxygen atoms in total. The van der Waals surface area contributed by atoms with Gasteiger partial charge in [0.25, 0.3) is 0 Å². The number of fused-ring (bicyclic) bond motifs is 1. The number of hydrogen-bond donors (Lipinski definition) is 0. The maximum atomic E-state index is 13.7. The monoisotopic (exact) mass is 265 g/mol. The summed E-state index contributed by atoms with van der Waals surface area (Å²) in [4.78, 5) is 4.36. The van der Waals surface area contributed by atoms with E-state index in [-0.39, 0.29) is 5.82 Å². The van der Waals surface area contributed by atoms with Gasteiger partial charge in [-0.2, -0.15) is 5.26 Å². The summed E-state index contributed by atoms with van der Waals surface area (Å²) in [6, 6.07) is 9.09. The summed E-state index contributed by atoms with van der Waals surface area (Å²) in [5.74, 6) is 0.453. The van der Waals surface area contributed by atoms with E-state index >= 15 is 0 Å². The first-order valence-corrected chi connectivity index (χ1v) is 6.25. The van der Waals surface area contributed by atoms with E-state index < -0.39 is 0 Å². The van der Waals surface area contributed by atoms with Crippen molar-refractivity contribution in [1.82, 2.24) is 9.55 Å². The van der Waals surface area contributed by atoms with E-state index in [0.717, 1.165) is 16.9 Å². The Kier molecular flexibility index (Phi) is 2.76. The van der Waals surface area contributed by atoms with Gasteiger partial charge in [0.1, 0.15) is 17.7 Å². The van der Waals surface area contributed by atoms with Gasteiger partial charge in [-0.15, -0.1) is 0 Å². The molecule has 98 valence electrons. The van der Waals surface area contributed by atoms with Gasteiger partial charge >= 0.3 is 0 Å². The van der Waals surface area contributed by atoms with Crippen LogP contribution in [0.15, 0.2) is 36.7 Å². The van der Waals surface area contributed by atoms with Gasteiger partial charge in [0, 0.05) is 17.8 Å². The molecule has 0 atom stereocenters. The Labute approximate surface area is 115 Å². The molecule has 1 aromatic carbocycles. The fraction of sp³-hybridized carbons (Fsp3) is 0.125. The molecule has 0 radical (unpaired) electrons. The Hall–Kier alpha value is -2.67. The molecule has 3 rings (SSSR count). The number of halogens is 1. The highest BCUT2D eigenvalue weighted by molar-refractivity contribution is 5.88. The third kappa shape index (κ3) is 1.76. The van der Waals surface area contributed by atoms with Gasteiger partial charge in [0.05, 0.1) is 11.1 Å². The zero-order chi connectivity index (χ0) is 14.3. The molecule has 20 heavy (non-hydrogen) atoms. The van der Waals surface area contributed by atoms with E-state index in [1.165, 1.54) is 6.07 Å². The minimum Gasteiger partial charge on any atom is -0.300 e. The fourth-order valence-corrected chi connectivity index (χ4v) is 2.34. The summed E-state index contributed by atoms with van der Waals surface area (Å²) in [6.45, 7) is 3.67. The van der Waals surface area contributed by atoms with Crippen molar-refractivity contribution in [2.24, 2.45) is 0 Å². The molecular formula is C16H12FN3. The van der Waals surface area contributed by atoms with Crippen molar-refractivity contribution >= 4 is 10.9 Å². The zero-order valence-corrected chi connectivity index (χ0v) is 11.2. The van der Waals surface area contributed by atoms with E-state index in [1.807, 2.05) is 23.6 Å². The van der Waals surface area contributed by atoms with Crippen molar-refractivity contribution in [2.45, 2.75) is 13.8 Å². The molecule has 2 heterocycles. The molecule has 0 spiro atoms. The van der Waals surface area contributed by atoms with Crippen molar-refractivity contribution in [3.8, 4) is 11.9 Å². The standard InChI is InChI=1S/C16H12FN3/c1-10-4-3-5-19-16(10)20-9-12(8-18)13-7-14(17)11(2)6-15(13)20/h3-7,9H,1-2H3. The SMILES string of the molecule is Cc1cc2c(cc1F)c(C#N)cn2-c1ncccc1C. The zero-order valence-electron chi connectivity index (χ0n) is 11.2. The molecule has 0 N–H and O–H groups in total. The second-order valence-corrected chi connectivity index (χ2v) is 4.79. The minimum absolute atomic E-state index is 0.301. The Bertz CT molecular complexity index is 856. The van der Waals surface area contributed by atoms with Gasteiger partial charge in [0.2, 0.25) is 0 Å². The molecule has 0 saturated carbocycles. The number of nitriles is 1. The number of hydrogen-bond acceptors (Lipinski definition) is 2. The van der Waals surface area contributed by atoms with E-state index in [9.17, 15) is 9.65 Å². The number of nitrogens with zero attached hydrogens (tertiary/aromatic N) is 3. The van der Waals surface area contributed by atoms with Crippen LogP contribution in [-0.2, 0) is 0 Å². The maximum absolute atomic E-state index is 13.7. The Morgan fingerprint density at radius 2 is 2.05 bits per heavy atom. The average molecular weight is 265 g/mol. The highest BCUT2D eigenvalue weighted by Crippen LogP contribution is 2.27. The molecule has 0 unspecified atom stereocenters. The molecule has 0 fully saturated rings. The highest BCUT2D eigenvalue weighted by atomic mass is 19.1. The lowest BCUT2D eigenvalue weighted by atomic mass is 10.1. The van der Waals surface area contributed by atoms with Crippen molar-refractivity contribution in [2.75, 3.05) is 0 Å². The van der Waals surface area contributed by atoms with Gasteiger partial charge < -0.3 is 0 Å². The Morgan fingerprint density at radius 3 is 2.75 bits per heavy atom. The summed E-state index contributed by atoms with van der Waals surface area (Å²) < 4.78 is 15.6. The van der Waals surface area contributed by atoms with Crippen LogP contribution in [0.1, 0.15) is 16.7 Å². The normalized spacial score (nSPS) is 10.7. The summed E-state index contributed by atoms with van der Waals surface area (Å²) in [6.07, 6.45) is 3.41. The van der Waals surface area contributed by atoms with Crippen molar-refractivity contribution in [3.63, 3.8) is 0 Å². The molecular weight excluding hydrogens is 253 g/mol. The van der Waals surface area contributed by atoms with Crippen LogP contribution in [0.4, 0.5) is 4.39 Å². The first-order chi connectivity index (χ1) is 9.61. The third-order valence-corrected chi connectivity index (χ3v) is 3.42. The molecule has 2 aromatic heterocycles. The first kappa shape index (κ1) is 12.4.